The molecule has 2 nitrogen and oxygen atoms in total. The molecule has 0 aliphatic heterocycles. The lowest BCUT2D eigenvalue weighted by Gasteiger charge is -2.11. The minimum Gasteiger partial charge on any atom is -0.481 e. The van der Waals surface area contributed by atoms with Crippen LogP contribution in [-0.4, -0.2) is 11.1 Å². The van der Waals surface area contributed by atoms with Gasteiger partial charge in [0.2, 0.25) is 0 Å². The first kappa shape index (κ1) is 17.7. The summed E-state index contributed by atoms with van der Waals surface area (Å²) in [6, 6.07) is 17.3. The van der Waals surface area contributed by atoms with Gasteiger partial charge in [-0.3, -0.25) is 4.79 Å². The number of carbonyl (C=O) groups is 1. The summed E-state index contributed by atoms with van der Waals surface area (Å²) in [4.78, 5) is 9.00. The normalized spacial score (nSPS) is 9.67. The number of aryl methyl sites for hydroxylation is 1. The van der Waals surface area contributed by atoms with Crippen LogP contribution >= 0.6 is 22.6 Å². The number of halogens is 1. The molecule has 0 heterocycles. The van der Waals surface area contributed by atoms with Gasteiger partial charge in [0.1, 0.15) is 0 Å². The van der Waals surface area contributed by atoms with Crippen molar-refractivity contribution in [3.63, 3.8) is 0 Å². The summed E-state index contributed by atoms with van der Waals surface area (Å²) in [6.45, 7) is 3.33. The topological polar surface area (TPSA) is 37.3 Å². The summed E-state index contributed by atoms with van der Waals surface area (Å²) in [6.07, 6.45) is 3.69. The van der Waals surface area contributed by atoms with Gasteiger partial charge in [-0.2, -0.15) is 0 Å². The molecule has 0 saturated carbocycles. The molecular weight excluding hydrogens is 375 g/mol. The maximum absolute atomic E-state index is 9.00. The summed E-state index contributed by atoms with van der Waals surface area (Å²) < 4.78 is 1.35. The summed E-state index contributed by atoms with van der Waals surface area (Å²) in [7, 11) is 0. The molecule has 0 bridgehead atoms. The molecule has 2 rings (SSSR count). The molecule has 2 aromatic rings. The molecule has 2 aromatic carbocycles. The molecule has 0 spiro atoms. The minimum atomic E-state index is -0.833. The third kappa shape index (κ3) is 6.29. The summed E-state index contributed by atoms with van der Waals surface area (Å²) in [5, 5.41) is 7.42. The van der Waals surface area contributed by atoms with Gasteiger partial charge in [0.05, 0.1) is 0 Å². The predicted octanol–water partition coefficient (Wildman–Crippen LogP) is 5.39. The molecule has 0 atom stereocenters. The second-order valence-corrected chi connectivity index (χ2v) is 5.92. The molecule has 0 aliphatic carbocycles. The first-order chi connectivity index (χ1) is 10.1. The first-order valence-electron chi connectivity index (χ1n) is 7.08. The van der Waals surface area contributed by atoms with Crippen LogP contribution in [0.2, 0.25) is 0 Å². The Labute approximate surface area is 140 Å². The van der Waals surface area contributed by atoms with E-state index in [1.165, 1.54) is 39.5 Å². The lowest BCUT2D eigenvalue weighted by molar-refractivity contribution is -0.134. The van der Waals surface area contributed by atoms with Crippen molar-refractivity contribution in [2.45, 2.75) is 33.1 Å². The van der Waals surface area contributed by atoms with Crippen molar-refractivity contribution < 1.29 is 9.90 Å². The Morgan fingerprint density at radius 3 is 2.29 bits per heavy atom. The van der Waals surface area contributed by atoms with Gasteiger partial charge in [0, 0.05) is 10.5 Å². The van der Waals surface area contributed by atoms with Crippen LogP contribution in [-0.2, 0) is 11.2 Å². The molecule has 0 saturated heterocycles. The molecule has 0 radical (unpaired) electrons. The van der Waals surface area contributed by atoms with E-state index in [1.54, 1.807) is 0 Å². The fourth-order valence-corrected chi connectivity index (χ4v) is 2.94. The van der Waals surface area contributed by atoms with E-state index >= 15 is 0 Å². The molecule has 112 valence electrons. The van der Waals surface area contributed by atoms with Crippen molar-refractivity contribution in [2.24, 2.45) is 0 Å². The second-order valence-electron chi connectivity index (χ2n) is 4.76. The van der Waals surface area contributed by atoms with Gasteiger partial charge >= 0.3 is 0 Å². The van der Waals surface area contributed by atoms with Crippen molar-refractivity contribution in [1.82, 2.24) is 0 Å². The molecule has 21 heavy (non-hydrogen) atoms. The zero-order valence-corrected chi connectivity index (χ0v) is 14.6. The fourth-order valence-electron chi connectivity index (χ4n) is 2.07. The van der Waals surface area contributed by atoms with E-state index in [0.29, 0.717) is 0 Å². The fraction of sp³-hybridized carbons (Fsp3) is 0.278. The van der Waals surface area contributed by atoms with Gasteiger partial charge < -0.3 is 5.11 Å². The van der Waals surface area contributed by atoms with Crippen LogP contribution < -0.4 is 0 Å². The highest BCUT2D eigenvalue weighted by Crippen LogP contribution is 2.29. The van der Waals surface area contributed by atoms with Crippen molar-refractivity contribution in [3.05, 3.63) is 57.7 Å². The molecule has 0 unspecified atom stereocenters. The lowest BCUT2D eigenvalue weighted by Crippen LogP contribution is -1.93. The van der Waals surface area contributed by atoms with Crippen LogP contribution in [0.4, 0.5) is 0 Å². The number of benzene rings is 2. The molecule has 0 aromatic heterocycles. The van der Waals surface area contributed by atoms with Crippen molar-refractivity contribution in [1.29, 1.82) is 0 Å². The zero-order valence-electron chi connectivity index (χ0n) is 12.5. The number of carboxylic acids is 1. The van der Waals surface area contributed by atoms with Crippen molar-refractivity contribution in [2.75, 3.05) is 0 Å². The van der Waals surface area contributed by atoms with Crippen LogP contribution in [0, 0.1) is 3.57 Å². The second kappa shape index (κ2) is 9.55. The van der Waals surface area contributed by atoms with Gasteiger partial charge in [-0.15, -0.1) is 0 Å². The van der Waals surface area contributed by atoms with Crippen LogP contribution in [0.1, 0.15) is 32.3 Å². The Hall–Kier alpha value is -1.36. The average molecular weight is 396 g/mol. The predicted molar refractivity (Wildman–Crippen MR) is 96.5 cm³/mol. The van der Waals surface area contributed by atoms with Crippen LogP contribution in [0.15, 0.2) is 48.5 Å². The maximum atomic E-state index is 9.00. The molecular formula is C18H21IO2. The van der Waals surface area contributed by atoms with Gasteiger partial charge in [-0.1, -0.05) is 55.8 Å². The Kier molecular flexibility index (Phi) is 8.05. The Morgan fingerprint density at radius 1 is 1.10 bits per heavy atom. The van der Waals surface area contributed by atoms with Crippen molar-refractivity contribution >= 4 is 28.6 Å². The summed E-state index contributed by atoms with van der Waals surface area (Å²) in [5.41, 5.74) is 4.23. The Morgan fingerprint density at radius 2 is 1.71 bits per heavy atom. The number of unbranched alkanes of at least 4 members (excludes halogenated alkanes) is 1. The standard InChI is InChI=1S/C16H17I.C2H4O2/c1-2-3-8-13-11-7-12-15(17)16(13)14-9-5-4-6-10-14;1-2(3)4/h4-7,9-12H,2-3,8H2,1H3;1H3,(H,3,4). The van der Waals surface area contributed by atoms with E-state index in [9.17, 15) is 0 Å². The number of aliphatic carboxylic acids is 1. The Bertz CT molecular complexity index is 561. The van der Waals surface area contributed by atoms with E-state index in [0.717, 1.165) is 6.92 Å². The maximum Gasteiger partial charge on any atom is 0.300 e. The van der Waals surface area contributed by atoms with E-state index in [4.69, 9.17) is 9.90 Å². The smallest absolute Gasteiger partial charge is 0.300 e. The highest BCUT2D eigenvalue weighted by molar-refractivity contribution is 14.1. The quantitative estimate of drug-likeness (QED) is 0.704. The van der Waals surface area contributed by atoms with E-state index in [-0.39, 0.29) is 0 Å². The summed E-state index contributed by atoms with van der Waals surface area (Å²) >= 11 is 2.44. The van der Waals surface area contributed by atoms with Crippen LogP contribution in [0.25, 0.3) is 11.1 Å². The largest absolute Gasteiger partial charge is 0.481 e. The third-order valence-electron chi connectivity index (χ3n) is 2.96. The minimum absolute atomic E-state index is 0.833. The number of hydrogen-bond donors (Lipinski definition) is 1. The molecule has 1 N–H and O–H groups in total. The number of rotatable bonds is 4. The number of hydrogen-bond acceptors (Lipinski definition) is 1. The van der Waals surface area contributed by atoms with Gasteiger partial charge in [0.25, 0.3) is 5.97 Å². The molecule has 0 fully saturated rings. The van der Waals surface area contributed by atoms with Crippen molar-refractivity contribution in [3.8, 4) is 11.1 Å². The molecule has 0 aliphatic rings. The monoisotopic (exact) mass is 396 g/mol. The highest BCUT2D eigenvalue weighted by atomic mass is 127. The Balaban J connectivity index is 0.000000491. The SMILES string of the molecule is CC(=O)O.CCCCc1cccc(I)c1-c1ccccc1. The lowest BCUT2D eigenvalue weighted by atomic mass is 9.96. The van der Waals surface area contributed by atoms with Crippen LogP contribution in [0.3, 0.4) is 0 Å². The van der Waals surface area contributed by atoms with Crippen LogP contribution in [0.5, 0.6) is 0 Å². The summed E-state index contributed by atoms with van der Waals surface area (Å²) in [5.74, 6) is -0.833. The average Bonchev–Trinajstić information content (AvgIpc) is 2.45. The van der Waals surface area contributed by atoms with E-state index in [1.807, 2.05) is 0 Å². The molecule has 3 heteroatoms. The number of carboxylic acid groups (broad SMARTS) is 1. The first-order valence-corrected chi connectivity index (χ1v) is 8.16. The van der Waals surface area contributed by atoms with E-state index < -0.39 is 5.97 Å². The third-order valence-corrected chi connectivity index (χ3v) is 3.86. The molecule has 0 amide bonds. The van der Waals surface area contributed by atoms with Gasteiger partial charge in [0.15, 0.2) is 0 Å². The van der Waals surface area contributed by atoms with E-state index in [2.05, 4.69) is 78.0 Å². The highest BCUT2D eigenvalue weighted by Gasteiger charge is 2.07. The van der Waals surface area contributed by atoms with Gasteiger partial charge in [-0.05, 0) is 58.2 Å². The van der Waals surface area contributed by atoms with Gasteiger partial charge in [-0.25, -0.2) is 0 Å². The zero-order chi connectivity index (χ0) is 15.7.